The van der Waals surface area contributed by atoms with Crippen LogP contribution in [-0.4, -0.2) is 12.3 Å². The van der Waals surface area contributed by atoms with E-state index in [1.165, 1.54) is 0 Å². The number of nitriles is 1. The van der Waals surface area contributed by atoms with E-state index in [1.54, 1.807) is 12.1 Å². The van der Waals surface area contributed by atoms with Gasteiger partial charge in [-0.25, -0.2) is 0 Å². The molecule has 0 aliphatic heterocycles. The van der Waals surface area contributed by atoms with Crippen LogP contribution in [0.2, 0.25) is 0 Å². The van der Waals surface area contributed by atoms with Gasteiger partial charge in [0.2, 0.25) is 0 Å². The van der Waals surface area contributed by atoms with E-state index in [-0.39, 0.29) is 5.75 Å². The molecule has 0 saturated carbocycles. The summed E-state index contributed by atoms with van der Waals surface area (Å²) in [7, 11) is 0. The molecule has 100 valence electrons. The number of furan rings is 1. The van der Waals surface area contributed by atoms with Crippen molar-refractivity contribution < 1.29 is 13.2 Å². The first-order valence-electron chi connectivity index (χ1n) is 5.77. The summed E-state index contributed by atoms with van der Waals surface area (Å²) in [5, 5.41) is 11.5. The summed E-state index contributed by atoms with van der Waals surface area (Å²) in [5.41, 5.74) is 0. The summed E-state index contributed by atoms with van der Waals surface area (Å²) in [6, 6.07) is 5.61. The van der Waals surface area contributed by atoms with Crippen molar-refractivity contribution in [3.63, 3.8) is 0 Å². The van der Waals surface area contributed by atoms with Gasteiger partial charge in [-0.3, -0.25) is 0 Å². The monoisotopic (exact) mass is 274 g/mol. The zero-order valence-corrected chi connectivity index (χ0v) is 10.8. The summed E-state index contributed by atoms with van der Waals surface area (Å²) >= 11 is 0.557. The minimum Gasteiger partial charge on any atom is -0.464 e. The van der Waals surface area contributed by atoms with Crippen molar-refractivity contribution >= 4 is 11.8 Å². The van der Waals surface area contributed by atoms with Crippen LogP contribution in [0.15, 0.2) is 16.5 Å². The molecule has 0 atom stereocenters. The van der Waals surface area contributed by atoms with Crippen molar-refractivity contribution in [1.82, 2.24) is 5.32 Å². The molecular weight excluding hydrogens is 258 g/mol. The van der Waals surface area contributed by atoms with Crippen molar-refractivity contribution in [1.29, 1.82) is 5.26 Å². The molecular formula is C12H16F2N2OS. The minimum atomic E-state index is -2.36. The van der Waals surface area contributed by atoms with Crippen LogP contribution in [0, 0.1) is 11.3 Å². The zero-order chi connectivity index (χ0) is 13.2. The van der Waals surface area contributed by atoms with E-state index in [0.29, 0.717) is 30.5 Å². The van der Waals surface area contributed by atoms with E-state index in [2.05, 4.69) is 11.4 Å². The molecule has 0 saturated heterocycles. The Balaban J connectivity index is 2.13. The average Bonchev–Trinajstić information content (AvgIpc) is 2.79. The smallest absolute Gasteiger partial charge is 0.284 e. The molecule has 0 aliphatic carbocycles. The van der Waals surface area contributed by atoms with Crippen LogP contribution in [0.1, 0.15) is 30.8 Å². The lowest BCUT2D eigenvalue weighted by Crippen LogP contribution is -2.14. The quantitative estimate of drug-likeness (QED) is 0.700. The van der Waals surface area contributed by atoms with E-state index in [1.807, 2.05) is 0 Å². The number of hydrogen-bond acceptors (Lipinski definition) is 4. The van der Waals surface area contributed by atoms with E-state index in [9.17, 15) is 8.78 Å². The Bertz CT molecular complexity index is 376. The number of alkyl halides is 2. The molecule has 0 radical (unpaired) electrons. The molecule has 0 aliphatic rings. The Morgan fingerprint density at radius 3 is 2.83 bits per heavy atom. The second-order valence-electron chi connectivity index (χ2n) is 3.73. The Kier molecular flexibility index (Phi) is 7.46. The van der Waals surface area contributed by atoms with Crippen LogP contribution in [0.5, 0.6) is 0 Å². The SMILES string of the molecule is N#CCCCCNCc1ccc(CSC(F)F)o1. The highest BCUT2D eigenvalue weighted by Crippen LogP contribution is 2.21. The van der Waals surface area contributed by atoms with Gasteiger partial charge in [0.1, 0.15) is 11.5 Å². The first-order chi connectivity index (χ1) is 8.72. The van der Waals surface area contributed by atoms with Crippen LogP contribution >= 0.6 is 11.8 Å². The molecule has 18 heavy (non-hydrogen) atoms. The first-order valence-corrected chi connectivity index (χ1v) is 6.82. The predicted molar refractivity (Wildman–Crippen MR) is 67.2 cm³/mol. The zero-order valence-electron chi connectivity index (χ0n) is 9.99. The van der Waals surface area contributed by atoms with Crippen LogP contribution in [-0.2, 0) is 12.3 Å². The lowest BCUT2D eigenvalue weighted by atomic mass is 10.2. The van der Waals surface area contributed by atoms with E-state index in [4.69, 9.17) is 9.68 Å². The molecule has 0 amide bonds. The maximum Gasteiger partial charge on any atom is 0.284 e. The van der Waals surface area contributed by atoms with Crippen LogP contribution in [0.25, 0.3) is 0 Å². The van der Waals surface area contributed by atoms with Gasteiger partial charge in [-0.05, 0) is 31.5 Å². The van der Waals surface area contributed by atoms with Crippen molar-refractivity contribution in [2.45, 2.75) is 37.3 Å². The topological polar surface area (TPSA) is 49.0 Å². The number of nitrogens with one attached hydrogen (secondary N) is 1. The maximum absolute atomic E-state index is 12.0. The maximum atomic E-state index is 12.0. The lowest BCUT2D eigenvalue weighted by molar-refractivity contribution is 0.251. The van der Waals surface area contributed by atoms with Crippen LogP contribution in [0.4, 0.5) is 8.78 Å². The van der Waals surface area contributed by atoms with E-state index >= 15 is 0 Å². The van der Waals surface area contributed by atoms with Crippen molar-refractivity contribution in [3.05, 3.63) is 23.7 Å². The van der Waals surface area contributed by atoms with Crippen molar-refractivity contribution in [3.8, 4) is 6.07 Å². The Morgan fingerprint density at radius 1 is 1.33 bits per heavy atom. The summed E-state index contributed by atoms with van der Waals surface area (Å²) in [4.78, 5) is 0. The number of halogens is 2. The fourth-order valence-corrected chi connectivity index (χ4v) is 1.85. The van der Waals surface area contributed by atoms with E-state index < -0.39 is 5.76 Å². The molecule has 3 nitrogen and oxygen atoms in total. The first kappa shape index (κ1) is 15.0. The second-order valence-corrected chi connectivity index (χ2v) is 4.71. The number of thioether (sulfide) groups is 1. The third-order valence-electron chi connectivity index (χ3n) is 2.26. The Labute approximate surface area is 110 Å². The fourth-order valence-electron chi connectivity index (χ4n) is 1.41. The molecule has 0 aromatic carbocycles. The van der Waals surface area contributed by atoms with Gasteiger partial charge in [-0.2, -0.15) is 14.0 Å². The molecule has 0 unspecified atom stereocenters. The second kappa shape index (κ2) is 8.95. The van der Waals surface area contributed by atoms with Gasteiger partial charge < -0.3 is 9.73 Å². The number of rotatable bonds is 9. The van der Waals surface area contributed by atoms with Crippen molar-refractivity contribution in [2.24, 2.45) is 0 Å². The van der Waals surface area contributed by atoms with Gasteiger partial charge in [0.25, 0.3) is 5.76 Å². The van der Waals surface area contributed by atoms with Gasteiger partial charge in [0, 0.05) is 6.42 Å². The highest BCUT2D eigenvalue weighted by atomic mass is 32.2. The highest BCUT2D eigenvalue weighted by Gasteiger charge is 2.06. The Hall–Kier alpha value is -1.06. The Morgan fingerprint density at radius 2 is 2.11 bits per heavy atom. The highest BCUT2D eigenvalue weighted by molar-refractivity contribution is 7.98. The largest absolute Gasteiger partial charge is 0.464 e. The summed E-state index contributed by atoms with van der Waals surface area (Å²) in [6.07, 6.45) is 2.41. The van der Waals surface area contributed by atoms with Gasteiger partial charge in [0.05, 0.1) is 18.4 Å². The summed E-state index contributed by atoms with van der Waals surface area (Å²) in [6.45, 7) is 1.41. The fraction of sp³-hybridized carbons (Fsp3) is 0.583. The third kappa shape index (κ3) is 6.62. The molecule has 0 spiro atoms. The summed E-state index contributed by atoms with van der Waals surface area (Å²) < 4.78 is 29.3. The molecule has 0 fully saturated rings. The molecule has 1 rings (SSSR count). The normalized spacial score (nSPS) is 10.8. The molecule has 1 N–H and O–H groups in total. The van der Waals surface area contributed by atoms with E-state index in [0.717, 1.165) is 25.1 Å². The average molecular weight is 274 g/mol. The number of unbranched alkanes of at least 4 members (excludes halogenated alkanes) is 2. The predicted octanol–water partition coefficient (Wildman–Crippen LogP) is 3.52. The molecule has 1 aromatic rings. The molecule has 6 heteroatoms. The minimum absolute atomic E-state index is 0.194. The number of hydrogen-bond donors (Lipinski definition) is 1. The van der Waals surface area contributed by atoms with Gasteiger partial charge in [0.15, 0.2) is 0 Å². The van der Waals surface area contributed by atoms with Crippen LogP contribution in [0.3, 0.4) is 0 Å². The molecule has 1 aromatic heterocycles. The standard InChI is InChI=1S/C12H16F2N2OS/c13-12(14)18-9-11-5-4-10(17-11)8-16-7-3-1-2-6-15/h4-5,12,16H,1-3,7-9H2. The third-order valence-corrected chi connectivity index (χ3v) is 2.96. The van der Waals surface area contributed by atoms with Gasteiger partial charge in [-0.15, -0.1) is 0 Å². The molecule has 1 heterocycles. The van der Waals surface area contributed by atoms with Gasteiger partial charge in [-0.1, -0.05) is 11.8 Å². The van der Waals surface area contributed by atoms with Gasteiger partial charge >= 0.3 is 0 Å². The molecule has 0 bridgehead atoms. The van der Waals surface area contributed by atoms with Crippen LogP contribution < -0.4 is 5.32 Å². The van der Waals surface area contributed by atoms with Crippen molar-refractivity contribution in [2.75, 3.05) is 6.54 Å². The lowest BCUT2D eigenvalue weighted by Gasteiger charge is -2.01. The summed E-state index contributed by atoms with van der Waals surface area (Å²) in [5.74, 6) is -0.849. The number of nitrogens with zero attached hydrogens (tertiary/aromatic N) is 1.